The Labute approximate surface area is 134 Å². The highest BCUT2D eigenvalue weighted by Crippen LogP contribution is 2.37. The zero-order valence-corrected chi connectivity index (χ0v) is 15.2. The highest BCUT2D eigenvalue weighted by atomic mass is 32.1. The van der Waals surface area contributed by atoms with Crippen molar-refractivity contribution >= 4 is 18.6 Å². The molecule has 2 nitrogen and oxygen atoms in total. The predicted octanol–water partition coefficient (Wildman–Crippen LogP) is 4.68. The number of hydrogen-bond acceptors (Lipinski definition) is 3. The molecule has 0 atom stereocenters. The minimum atomic E-state index is -0.167. The van der Waals surface area contributed by atoms with Gasteiger partial charge in [-0.15, -0.1) is 12.6 Å². The Morgan fingerprint density at radius 2 is 1.48 bits per heavy atom. The van der Waals surface area contributed by atoms with Gasteiger partial charge in [0.2, 0.25) is 0 Å². The minimum absolute atomic E-state index is 0.0261. The molecule has 0 aliphatic carbocycles. The average Bonchev–Trinajstić information content (AvgIpc) is 2.34. The van der Waals surface area contributed by atoms with E-state index in [-0.39, 0.29) is 16.8 Å². The highest BCUT2D eigenvalue weighted by molar-refractivity contribution is 7.80. The average molecular weight is 308 g/mol. The summed E-state index contributed by atoms with van der Waals surface area (Å²) in [6.45, 7) is 13.2. The van der Waals surface area contributed by atoms with Gasteiger partial charge in [0.05, 0.1) is 7.11 Å². The van der Waals surface area contributed by atoms with Crippen LogP contribution in [0.4, 0.5) is 0 Å². The lowest BCUT2D eigenvalue weighted by Gasteiger charge is -2.29. The summed E-state index contributed by atoms with van der Waals surface area (Å²) in [4.78, 5) is 12.4. The molecule has 0 saturated carbocycles. The molecule has 0 amide bonds. The van der Waals surface area contributed by atoms with Crippen molar-refractivity contribution in [2.24, 2.45) is 0 Å². The maximum absolute atomic E-state index is 11.4. The van der Waals surface area contributed by atoms with Crippen LogP contribution in [0.3, 0.4) is 0 Å². The molecule has 0 aromatic heterocycles. The Morgan fingerprint density at radius 3 is 1.81 bits per heavy atom. The number of carbonyl (C=O) groups is 1. The summed E-state index contributed by atoms with van der Waals surface area (Å²) in [6, 6.07) is 4.36. The van der Waals surface area contributed by atoms with Crippen molar-refractivity contribution in [2.45, 2.75) is 70.1 Å². The number of ether oxygens (including phenoxy) is 1. The number of aryl methyl sites for hydroxylation is 1. The van der Waals surface area contributed by atoms with Crippen LogP contribution < -0.4 is 0 Å². The van der Waals surface area contributed by atoms with Gasteiger partial charge in [-0.25, -0.2) is 0 Å². The SMILES string of the molecule is COC(=O)CCc1cc(C(C)(C)C)c(S)c(C(C)(C)C)c1. The molecular weight excluding hydrogens is 280 g/mol. The molecule has 1 rings (SSSR count). The number of thiol groups is 1. The molecule has 0 N–H and O–H groups in total. The van der Waals surface area contributed by atoms with Crippen LogP contribution in [0.25, 0.3) is 0 Å². The lowest BCUT2D eigenvalue weighted by Crippen LogP contribution is -2.19. The Balaban J connectivity index is 3.31. The van der Waals surface area contributed by atoms with E-state index in [0.29, 0.717) is 12.8 Å². The van der Waals surface area contributed by atoms with E-state index < -0.39 is 0 Å². The summed E-state index contributed by atoms with van der Waals surface area (Å²) >= 11 is 4.78. The fourth-order valence-corrected chi connectivity index (χ4v) is 3.13. The van der Waals surface area contributed by atoms with Crippen molar-refractivity contribution in [3.63, 3.8) is 0 Å². The molecule has 0 spiro atoms. The van der Waals surface area contributed by atoms with Gasteiger partial charge < -0.3 is 4.74 Å². The van der Waals surface area contributed by atoms with Crippen molar-refractivity contribution in [3.8, 4) is 0 Å². The van der Waals surface area contributed by atoms with E-state index in [2.05, 4.69) is 53.7 Å². The van der Waals surface area contributed by atoms with Crippen LogP contribution in [0.2, 0.25) is 0 Å². The van der Waals surface area contributed by atoms with Crippen LogP contribution in [0.5, 0.6) is 0 Å². The van der Waals surface area contributed by atoms with Gasteiger partial charge in [0.15, 0.2) is 0 Å². The summed E-state index contributed by atoms with van der Waals surface area (Å²) in [5.74, 6) is -0.167. The minimum Gasteiger partial charge on any atom is -0.469 e. The Kier molecular flexibility index (Phi) is 5.54. The van der Waals surface area contributed by atoms with Crippen LogP contribution in [-0.4, -0.2) is 13.1 Å². The quantitative estimate of drug-likeness (QED) is 0.648. The van der Waals surface area contributed by atoms with Gasteiger partial charge in [-0.05, 0) is 33.9 Å². The summed E-state index contributed by atoms with van der Waals surface area (Å²) in [7, 11) is 1.43. The lowest BCUT2D eigenvalue weighted by molar-refractivity contribution is -0.140. The highest BCUT2D eigenvalue weighted by Gasteiger charge is 2.25. The molecule has 0 unspecified atom stereocenters. The second-order valence-corrected chi connectivity index (χ2v) is 8.06. The van der Waals surface area contributed by atoms with Crippen LogP contribution in [0.1, 0.15) is 64.7 Å². The Bertz CT molecular complexity index is 484. The number of methoxy groups -OCH3 is 1. The first-order valence-electron chi connectivity index (χ1n) is 7.40. The van der Waals surface area contributed by atoms with Crippen molar-refractivity contribution in [2.75, 3.05) is 7.11 Å². The van der Waals surface area contributed by atoms with E-state index in [1.54, 1.807) is 0 Å². The molecule has 0 fully saturated rings. The first-order chi connectivity index (χ1) is 9.46. The smallest absolute Gasteiger partial charge is 0.305 e. The summed E-state index contributed by atoms with van der Waals surface area (Å²) in [5.41, 5.74) is 3.70. The van der Waals surface area contributed by atoms with Crippen molar-refractivity contribution in [1.29, 1.82) is 0 Å². The Hall–Kier alpha value is -0.960. The fourth-order valence-electron chi connectivity index (χ4n) is 2.33. The van der Waals surface area contributed by atoms with Gasteiger partial charge in [0, 0.05) is 11.3 Å². The van der Waals surface area contributed by atoms with Gasteiger partial charge in [0.1, 0.15) is 0 Å². The zero-order valence-electron chi connectivity index (χ0n) is 14.3. The molecule has 3 heteroatoms. The monoisotopic (exact) mass is 308 g/mol. The molecule has 118 valence electrons. The maximum atomic E-state index is 11.4. The zero-order chi connectivity index (χ0) is 16.4. The van der Waals surface area contributed by atoms with Gasteiger partial charge in [0.25, 0.3) is 0 Å². The van der Waals surface area contributed by atoms with Crippen LogP contribution >= 0.6 is 12.6 Å². The Morgan fingerprint density at radius 1 is 1.05 bits per heavy atom. The van der Waals surface area contributed by atoms with Gasteiger partial charge >= 0.3 is 5.97 Å². The molecule has 0 radical (unpaired) electrons. The van der Waals surface area contributed by atoms with E-state index in [1.807, 2.05) is 0 Å². The number of rotatable bonds is 3. The molecular formula is C18H28O2S. The van der Waals surface area contributed by atoms with Gasteiger partial charge in [-0.2, -0.15) is 0 Å². The molecule has 1 aromatic carbocycles. The summed E-state index contributed by atoms with van der Waals surface area (Å²) < 4.78 is 4.74. The summed E-state index contributed by atoms with van der Waals surface area (Å²) in [5, 5.41) is 0. The van der Waals surface area contributed by atoms with Gasteiger partial charge in [-0.3, -0.25) is 4.79 Å². The maximum Gasteiger partial charge on any atom is 0.305 e. The second kappa shape index (κ2) is 6.43. The standard InChI is InChI=1S/C18H28O2S/c1-17(2,3)13-10-12(8-9-15(19)20-7)11-14(16(13)21)18(4,5)6/h10-11,21H,8-9H2,1-7H3. The van der Waals surface area contributed by atoms with Crippen LogP contribution in [0.15, 0.2) is 17.0 Å². The van der Waals surface area contributed by atoms with Gasteiger partial charge in [-0.1, -0.05) is 53.7 Å². The van der Waals surface area contributed by atoms with E-state index in [4.69, 9.17) is 17.4 Å². The molecule has 0 bridgehead atoms. The number of carbonyl (C=O) groups excluding carboxylic acids is 1. The predicted molar refractivity (Wildman–Crippen MR) is 91.4 cm³/mol. The van der Waals surface area contributed by atoms with Crippen LogP contribution in [0, 0.1) is 0 Å². The molecule has 0 aliphatic heterocycles. The lowest BCUT2D eigenvalue weighted by atomic mass is 9.79. The first kappa shape index (κ1) is 18.1. The van der Waals surface area contributed by atoms with Crippen LogP contribution in [-0.2, 0) is 26.8 Å². The molecule has 0 heterocycles. The normalized spacial score (nSPS) is 12.4. The fraction of sp³-hybridized carbons (Fsp3) is 0.611. The van der Waals surface area contributed by atoms with Crippen molar-refractivity contribution in [1.82, 2.24) is 0 Å². The number of hydrogen-bond donors (Lipinski definition) is 1. The second-order valence-electron chi connectivity index (χ2n) is 7.62. The number of esters is 1. The molecule has 21 heavy (non-hydrogen) atoms. The first-order valence-corrected chi connectivity index (χ1v) is 7.85. The van der Waals surface area contributed by atoms with E-state index in [9.17, 15) is 4.79 Å². The van der Waals surface area contributed by atoms with E-state index >= 15 is 0 Å². The largest absolute Gasteiger partial charge is 0.469 e. The molecule has 0 saturated heterocycles. The summed E-state index contributed by atoms with van der Waals surface area (Å²) in [6.07, 6.45) is 1.11. The third-order valence-corrected chi connectivity index (χ3v) is 4.11. The number of benzene rings is 1. The topological polar surface area (TPSA) is 26.3 Å². The third kappa shape index (κ3) is 4.77. The van der Waals surface area contributed by atoms with Crippen molar-refractivity contribution in [3.05, 3.63) is 28.8 Å². The van der Waals surface area contributed by atoms with E-state index in [0.717, 1.165) is 4.90 Å². The molecule has 0 aliphatic rings. The molecule has 1 aromatic rings. The van der Waals surface area contributed by atoms with E-state index in [1.165, 1.54) is 23.8 Å². The van der Waals surface area contributed by atoms with Crippen molar-refractivity contribution < 1.29 is 9.53 Å². The third-order valence-electron chi connectivity index (χ3n) is 3.63.